The maximum absolute atomic E-state index is 14.4. The summed E-state index contributed by atoms with van der Waals surface area (Å²) >= 11 is 0. The van der Waals surface area contributed by atoms with Gasteiger partial charge >= 0.3 is 5.69 Å². The fraction of sp³-hybridized carbons (Fsp3) is 0.200. The molecule has 1 amide bonds. The zero-order valence-corrected chi connectivity index (χ0v) is 25.5. The number of benzene rings is 2. The Hall–Kier alpha value is -5.98. The minimum absolute atomic E-state index is 0.00631. The van der Waals surface area contributed by atoms with Gasteiger partial charge in [-0.2, -0.15) is 5.10 Å². The summed E-state index contributed by atoms with van der Waals surface area (Å²) in [5.41, 5.74) is 1.91. The van der Waals surface area contributed by atoms with Crippen molar-refractivity contribution in [3.8, 4) is 5.69 Å². The predicted molar refractivity (Wildman–Crippen MR) is 174 cm³/mol. The van der Waals surface area contributed by atoms with Crippen molar-refractivity contribution in [2.45, 2.75) is 44.3 Å². The van der Waals surface area contributed by atoms with Gasteiger partial charge in [0.1, 0.15) is 23.0 Å². The monoisotopic (exact) mass is 646 g/mol. The molecule has 13 heteroatoms. The van der Waals surface area contributed by atoms with Gasteiger partial charge in [-0.05, 0) is 67.6 Å². The normalized spacial score (nSPS) is 16.5. The Kier molecular flexibility index (Phi) is 7.16. The number of pyridine rings is 2. The molecule has 0 unspecified atom stereocenters. The highest BCUT2D eigenvalue weighted by Gasteiger charge is 2.28. The smallest absolute Gasteiger partial charge is 0.337 e. The van der Waals surface area contributed by atoms with E-state index in [1.54, 1.807) is 12.3 Å². The summed E-state index contributed by atoms with van der Waals surface area (Å²) in [5, 5.41) is 8.30. The molecule has 1 aliphatic rings. The molecule has 0 saturated heterocycles. The zero-order chi connectivity index (χ0) is 32.9. The Bertz CT molecular complexity index is 2480. The highest BCUT2D eigenvalue weighted by Crippen LogP contribution is 2.28. The molecule has 0 bridgehead atoms. The van der Waals surface area contributed by atoms with Crippen LogP contribution in [0.25, 0.3) is 33.3 Å². The molecule has 48 heavy (non-hydrogen) atoms. The molecule has 8 rings (SSSR count). The SMILES string of the molecule is O=C(NC1CCC(n2c(=O)c3cc(F)cnc3n(-c3ccc4c(cnn4Cc4ccccc4)c3)c2=O)CC1)c1cn2cc(F)ccc2n1. The van der Waals surface area contributed by atoms with E-state index in [0.29, 0.717) is 43.6 Å². The van der Waals surface area contributed by atoms with Crippen LogP contribution in [0.15, 0.2) is 101 Å². The highest BCUT2D eigenvalue weighted by molar-refractivity contribution is 5.93. The van der Waals surface area contributed by atoms with Crippen LogP contribution >= 0.6 is 0 Å². The second-order valence-corrected chi connectivity index (χ2v) is 12.1. The molecule has 5 heterocycles. The minimum Gasteiger partial charge on any atom is -0.348 e. The van der Waals surface area contributed by atoms with Gasteiger partial charge in [0.25, 0.3) is 11.5 Å². The highest BCUT2D eigenvalue weighted by atomic mass is 19.1. The van der Waals surface area contributed by atoms with Crippen molar-refractivity contribution in [3.63, 3.8) is 0 Å². The summed E-state index contributed by atoms with van der Waals surface area (Å²) in [5.74, 6) is -1.52. The van der Waals surface area contributed by atoms with Crippen LogP contribution in [0.5, 0.6) is 0 Å². The van der Waals surface area contributed by atoms with E-state index in [0.717, 1.165) is 28.7 Å². The van der Waals surface area contributed by atoms with Gasteiger partial charge in [-0.15, -0.1) is 0 Å². The van der Waals surface area contributed by atoms with Crippen molar-refractivity contribution in [3.05, 3.63) is 135 Å². The van der Waals surface area contributed by atoms with Gasteiger partial charge in [-0.25, -0.2) is 28.1 Å². The minimum atomic E-state index is -0.685. The second-order valence-electron chi connectivity index (χ2n) is 12.1. The summed E-state index contributed by atoms with van der Waals surface area (Å²) in [6, 6.07) is 18.6. The second kappa shape index (κ2) is 11.7. The van der Waals surface area contributed by atoms with E-state index in [1.807, 2.05) is 47.1 Å². The lowest BCUT2D eigenvalue weighted by atomic mass is 9.90. The number of hydrogen-bond acceptors (Lipinski definition) is 6. The number of nitrogens with zero attached hydrogens (tertiary/aromatic N) is 7. The van der Waals surface area contributed by atoms with Crippen molar-refractivity contribution in [2.24, 2.45) is 0 Å². The first-order valence-electron chi connectivity index (χ1n) is 15.6. The molecule has 0 spiro atoms. The molecule has 1 fully saturated rings. The lowest BCUT2D eigenvalue weighted by Gasteiger charge is -2.30. The van der Waals surface area contributed by atoms with Crippen molar-refractivity contribution in [2.75, 3.05) is 0 Å². The number of imidazole rings is 1. The zero-order valence-electron chi connectivity index (χ0n) is 25.5. The molecule has 0 radical (unpaired) electrons. The van der Waals surface area contributed by atoms with Gasteiger partial charge in [0.2, 0.25) is 0 Å². The number of halogens is 2. The fourth-order valence-corrected chi connectivity index (χ4v) is 6.65. The van der Waals surface area contributed by atoms with Gasteiger partial charge in [0, 0.05) is 29.9 Å². The van der Waals surface area contributed by atoms with Crippen molar-refractivity contribution < 1.29 is 13.6 Å². The first-order valence-corrected chi connectivity index (χ1v) is 15.6. The van der Waals surface area contributed by atoms with Crippen LogP contribution in [0.2, 0.25) is 0 Å². The Balaban J connectivity index is 1.09. The van der Waals surface area contributed by atoms with E-state index in [1.165, 1.54) is 38.1 Å². The van der Waals surface area contributed by atoms with Gasteiger partial charge in [-0.1, -0.05) is 30.3 Å². The Morgan fingerprint density at radius 1 is 0.896 bits per heavy atom. The van der Waals surface area contributed by atoms with E-state index in [2.05, 4.69) is 20.4 Å². The summed E-state index contributed by atoms with van der Waals surface area (Å²) in [6.45, 7) is 0.570. The first kappa shape index (κ1) is 29.4. The van der Waals surface area contributed by atoms with E-state index in [4.69, 9.17) is 0 Å². The fourth-order valence-electron chi connectivity index (χ4n) is 6.65. The standard InChI is InChI=1S/C35H28F2N8O3/c36-23-6-13-31-41-29(20-42(31)19-23)33(46)40-25-7-9-26(10-8-25)45-34(47)28-15-24(37)17-38-32(28)44(35(45)48)27-11-12-30-22(14-27)16-39-43(30)18-21-4-2-1-3-5-21/h1-6,11-17,19-20,25-26H,7-10,18H2,(H,40,46). The van der Waals surface area contributed by atoms with Gasteiger partial charge in [-0.3, -0.25) is 18.8 Å². The maximum Gasteiger partial charge on any atom is 0.337 e. The van der Waals surface area contributed by atoms with Crippen LogP contribution in [0.4, 0.5) is 8.78 Å². The van der Waals surface area contributed by atoms with Crippen LogP contribution in [0, 0.1) is 11.6 Å². The molecule has 1 N–H and O–H groups in total. The Morgan fingerprint density at radius 2 is 1.71 bits per heavy atom. The largest absolute Gasteiger partial charge is 0.348 e. The molecule has 2 aromatic carbocycles. The number of aromatic nitrogens is 7. The number of amides is 1. The molecule has 0 aliphatic heterocycles. The third kappa shape index (κ3) is 5.22. The Morgan fingerprint density at radius 3 is 2.52 bits per heavy atom. The summed E-state index contributed by atoms with van der Waals surface area (Å²) in [7, 11) is 0. The number of carbonyl (C=O) groups excluding carboxylic acids is 1. The van der Waals surface area contributed by atoms with Gasteiger partial charge in [0.05, 0.1) is 35.5 Å². The van der Waals surface area contributed by atoms with E-state index >= 15 is 0 Å². The molecule has 5 aromatic heterocycles. The summed E-state index contributed by atoms with van der Waals surface area (Å²) in [6.07, 6.45) is 7.27. The molecule has 0 atom stereocenters. The number of rotatable bonds is 6. The van der Waals surface area contributed by atoms with Crippen LogP contribution in [0.3, 0.4) is 0 Å². The summed E-state index contributed by atoms with van der Waals surface area (Å²) < 4.78 is 33.9. The molecule has 1 saturated carbocycles. The first-order chi connectivity index (χ1) is 23.3. The molecular weight excluding hydrogens is 618 g/mol. The van der Waals surface area contributed by atoms with Crippen LogP contribution < -0.4 is 16.6 Å². The average molecular weight is 647 g/mol. The van der Waals surface area contributed by atoms with Crippen LogP contribution in [-0.2, 0) is 6.54 Å². The van der Waals surface area contributed by atoms with Crippen molar-refractivity contribution in [1.82, 2.24) is 38.6 Å². The number of nitrogens with one attached hydrogen (secondary N) is 1. The number of hydrogen-bond donors (Lipinski definition) is 1. The van der Waals surface area contributed by atoms with E-state index in [-0.39, 0.29) is 22.8 Å². The summed E-state index contributed by atoms with van der Waals surface area (Å²) in [4.78, 5) is 49.3. The van der Waals surface area contributed by atoms with E-state index in [9.17, 15) is 23.2 Å². The number of fused-ring (bicyclic) bond motifs is 3. The van der Waals surface area contributed by atoms with Crippen LogP contribution in [-0.4, -0.2) is 45.2 Å². The molecule has 240 valence electrons. The van der Waals surface area contributed by atoms with Gasteiger partial charge < -0.3 is 9.72 Å². The van der Waals surface area contributed by atoms with Crippen molar-refractivity contribution >= 4 is 33.5 Å². The molecular formula is C35H28F2N8O3. The third-order valence-corrected chi connectivity index (χ3v) is 9.00. The van der Waals surface area contributed by atoms with Gasteiger partial charge in [0.15, 0.2) is 5.65 Å². The molecule has 1 aliphatic carbocycles. The van der Waals surface area contributed by atoms with E-state index < -0.39 is 34.8 Å². The van der Waals surface area contributed by atoms with Crippen LogP contribution in [0.1, 0.15) is 47.8 Å². The quantitative estimate of drug-likeness (QED) is 0.278. The predicted octanol–water partition coefficient (Wildman–Crippen LogP) is 4.79. The van der Waals surface area contributed by atoms with Crippen molar-refractivity contribution in [1.29, 1.82) is 0 Å². The molecule has 11 nitrogen and oxygen atoms in total. The third-order valence-electron chi connectivity index (χ3n) is 9.00. The maximum atomic E-state index is 14.4. The lowest BCUT2D eigenvalue weighted by molar-refractivity contribution is 0.0917. The lowest BCUT2D eigenvalue weighted by Crippen LogP contribution is -2.45. The topological polar surface area (TPSA) is 121 Å². The molecule has 7 aromatic rings. The number of carbonyl (C=O) groups is 1. The average Bonchev–Trinajstić information content (AvgIpc) is 3.70. The Labute approximate surface area is 270 Å².